The minimum atomic E-state index is -3.90. The van der Waals surface area contributed by atoms with Gasteiger partial charge in [0, 0.05) is 36.8 Å². The van der Waals surface area contributed by atoms with Crippen LogP contribution in [0, 0.1) is 5.92 Å². The van der Waals surface area contributed by atoms with Crippen LogP contribution in [0.15, 0.2) is 65.6 Å². The van der Waals surface area contributed by atoms with Crippen molar-refractivity contribution in [1.29, 1.82) is 0 Å². The van der Waals surface area contributed by atoms with Crippen LogP contribution in [0.3, 0.4) is 0 Å². The van der Waals surface area contributed by atoms with Gasteiger partial charge in [-0.2, -0.15) is 0 Å². The second kappa shape index (κ2) is 14.2. The van der Waals surface area contributed by atoms with Crippen molar-refractivity contribution in [1.82, 2.24) is 9.80 Å². The van der Waals surface area contributed by atoms with E-state index in [1.165, 1.54) is 19.2 Å². The lowest BCUT2D eigenvalue weighted by molar-refractivity contribution is -0.134. The molecule has 0 fully saturated rings. The topological polar surface area (TPSA) is 108 Å². The van der Waals surface area contributed by atoms with E-state index < -0.39 is 16.1 Å². The Morgan fingerprint density at radius 2 is 1.84 bits per heavy atom. The molecule has 43 heavy (non-hydrogen) atoms. The van der Waals surface area contributed by atoms with Gasteiger partial charge in [0.15, 0.2) is 0 Å². The number of hydrogen-bond donors (Lipinski definition) is 2. The molecule has 3 atom stereocenters. The molecule has 4 rings (SSSR count). The van der Waals surface area contributed by atoms with Crippen LogP contribution in [0.1, 0.15) is 25.0 Å². The lowest BCUT2D eigenvalue weighted by atomic mass is 10.0. The fourth-order valence-corrected chi connectivity index (χ4v) is 6.37. The molecule has 0 saturated carbocycles. The van der Waals surface area contributed by atoms with Gasteiger partial charge in [0.2, 0.25) is 5.91 Å². The van der Waals surface area contributed by atoms with Crippen molar-refractivity contribution in [3.8, 4) is 11.5 Å². The second-order valence-electron chi connectivity index (χ2n) is 10.9. The van der Waals surface area contributed by atoms with E-state index >= 15 is 0 Å². The fourth-order valence-electron chi connectivity index (χ4n) is 5.00. The molecule has 232 valence electrons. The van der Waals surface area contributed by atoms with Crippen LogP contribution in [0.2, 0.25) is 10.0 Å². The Morgan fingerprint density at radius 3 is 2.49 bits per heavy atom. The van der Waals surface area contributed by atoms with Crippen molar-refractivity contribution in [3.05, 3.63) is 81.8 Å². The Morgan fingerprint density at radius 1 is 1.12 bits per heavy atom. The maximum Gasteiger partial charge on any atom is 0.261 e. The van der Waals surface area contributed by atoms with Crippen molar-refractivity contribution in [2.24, 2.45) is 5.92 Å². The molecule has 0 radical (unpaired) electrons. The molecule has 9 nitrogen and oxygen atoms in total. The zero-order valence-electron chi connectivity index (χ0n) is 24.6. The predicted octanol–water partition coefficient (Wildman–Crippen LogP) is 5.08. The van der Waals surface area contributed by atoms with Crippen molar-refractivity contribution < 1.29 is 27.8 Å². The van der Waals surface area contributed by atoms with E-state index in [4.69, 9.17) is 32.7 Å². The van der Waals surface area contributed by atoms with Gasteiger partial charge < -0.3 is 19.5 Å². The van der Waals surface area contributed by atoms with E-state index in [1.807, 2.05) is 26.1 Å². The number of amides is 1. The number of hydrogen-bond acceptors (Lipinski definition) is 7. The molecule has 3 aromatic rings. The average molecular weight is 651 g/mol. The van der Waals surface area contributed by atoms with Crippen molar-refractivity contribution >= 4 is 44.8 Å². The molecule has 0 unspecified atom stereocenters. The van der Waals surface area contributed by atoms with E-state index in [9.17, 15) is 18.3 Å². The van der Waals surface area contributed by atoms with Gasteiger partial charge in [0.25, 0.3) is 10.0 Å². The van der Waals surface area contributed by atoms with Gasteiger partial charge in [-0.15, -0.1) is 0 Å². The first-order valence-corrected chi connectivity index (χ1v) is 16.1. The summed E-state index contributed by atoms with van der Waals surface area (Å²) in [6.45, 7) is 5.15. The Kier molecular flexibility index (Phi) is 10.8. The summed E-state index contributed by atoms with van der Waals surface area (Å²) in [5.41, 5.74) is 1.84. The summed E-state index contributed by atoms with van der Waals surface area (Å²) < 4.78 is 40.5. The first-order valence-electron chi connectivity index (χ1n) is 13.9. The molecule has 0 aromatic heterocycles. The predicted molar refractivity (Wildman–Crippen MR) is 169 cm³/mol. The average Bonchev–Trinajstić information content (AvgIpc) is 3.01. The van der Waals surface area contributed by atoms with Gasteiger partial charge in [0.05, 0.1) is 41.1 Å². The summed E-state index contributed by atoms with van der Waals surface area (Å²) >= 11 is 12.3. The number of aliphatic hydroxyl groups excluding tert-OH is 1. The van der Waals surface area contributed by atoms with Crippen molar-refractivity contribution in [3.63, 3.8) is 0 Å². The van der Waals surface area contributed by atoms with Gasteiger partial charge in [-0.05, 0) is 74.1 Å². The van der Waals surface area contributed by atoms with Crippen LogP contribution in [-0.2, 0) is 27.8 Å². The molecule has 3 aromatic carbocycles. The maximum absolute atomic E-state index is 13.5. The van der Waals surface area contributed by atoms with Gasteiger partial charge in [0.1, 0.15) is 17.6 Å². The number of nitrogens with one attached hydrogen (secondary N) is 1. The number of sulfonamides is 1. The van der Waals surface area contributed by atoms with Crippen molar-refractivity contribution in [2.45, 2.75) is 43.9 Å². The van der Waals surface area contributed by atoms with E-state index in [2.05, 4.69) is 9.62 Å². The number of rotatable bonds is 10. The lowest BCUT2D eigenvalue weighted by Crippen LogP contribution is -2.47. The number of ether oxygens (including phenoxy) is 2. The molecule has 1 heterocycles. The van der Waals surface area contributed by atoms with Crippen molar-refractivity contribution in [2.75, 3.05) is 38.6 Å². The molecule has 12 heteroatoms. The van der Waals surface area contributed by atoms with E-state index in [-0.39, 0.29) is 35.9 Å². The minimum absolute atomic E-state index is 0.0175. The van der Waals surface area contributed by atoms with Crippen LogP contribution < -0.4 is 14.2 Å². The smallest absolute Gasteiger partial charge is 0.261 e. The number of anilines is 1. The van der Waals surface area contributed by atoms with E-state index in [1.54, 1.807) is 48.2 Å². The lowest BCUT2D eigenvalue weighted by Gasteiger charge is -2.34. The van der Waals surface area contributed by atoms with Crippen LogP contribution >= 0.6 is 23.2 Å². The highest BCUT2D eigenvalue weighted by molar-refractivity contribution is 7.92. The summed E-state index contributed by atoms with van der Waals surface area (Å²) in [5, 5.41) is 10.9. The fraction of sp³-hybridized carbons (Fsp3) is 0.387. The molecule has 1 aliphatic heterocycles. The zero-order valence-corrected chi connectivity index (χ0v) is 26.9. The Hall–Kier alpha value is -3.02. The number of carbonyl (C=O) groups excluding carboxylic acids is 1. The number of fused-ring (bicyclic) bond motifs is 1. The summed E-state index contributed by atoms with van der Waals surface area (Å²) in [6, 6.07) is 16.1. The largest absolute Gasteiger partial charge is 0.497 e. The molecule has 0 spiro atoms. The summed E-state index contributed by atoms with van der Waals surface area (Å²) in [7, 11) is -0.419. The normalized spacial score (nSPS) is 18.2. The highest BCUT2D eigenvalue weighted by Crippen LogP contribution is 2.31. The first kappa shape index (κ1) is 32.9. The Bertz CT molecular complexity index is 1540. The third kappa shape index (κ3) is 8.33. The Balaban J connectivity index is 1.62. The quantitative estimate of drug-likeness (QED) is 0.315. The van der Waals surface area contributed by atoms with E-state index in [0.29, 0.717) is 52.4 Å². The third-order valence-corrected chi connectivity index (χ3v) is 9.60. The number of carbonyl (C=O) groups is 1. The third-order valence-electron chi connectivity index (χ3n) is 7.47. The molecule has 2 N–H and O–H groups in total. The number of methoxy groups -OCH3 is 1. The molecular weight excluding hydrogens is 613 g/mol. The monoisotopic (exact) mass is 649 g/mol. The number of benzene rings is 3. The highest BCUT2D eigenvalue weighted by Gasteiger charge is 2.31. The van der Waals surface area contributed by atoms with Gasteiger partial charge in [-0.1, -0.05) is 36.2 Å². The van der Waals surface area contributed by atoms with Crippen LogP contribution in [0.25, 0.3) is 0 Å². The van der Waals surface area contributed by atoms with Gasteiger partial charge in [-0.3, -0.25) is 14.4 Å². The minimum Gasteiger partial charge on any atom is -0.497 e. The van der Waals surface area contributed by atoms with Gasteiger partial charge in [-0.25, -0.2) is 8.42 Å². The highest BCUT2D eigenvalue weighted by atomic mass is 35.5. The SMILES string of the molecule is COc1ccc(S(=O)(=O)Nc2ccc3c(c2)CC(=O)N([C@H](C)CO)C[C@@H](C)[C@H](CN(C)Cc2ccc(Cl)c(Cl)c2)O3)cc1. The molecule has 1 amide bonds. The molecular formula is C31H37Cl2N3O6S. The number of halogens is 2. The Labute approximate surface area is 263 Å². The number of nitrogens with zero attached hydrogens (tertiary/aromatic N) is 2. The summed E-state index contributed by atoms with van der Waals surface area (Å²) in [6.07, 6.45) is -0.344. The summed E-state index contributed by atoms with van der Waals surface area (Å²) in [4.78, 5) is 17.4. The van der Waals surface area contributed by atoms with Gasteiger partial charge >= 0.3 is 0 Å². The van der Waals surface area contributed by atoms with E-state index in [0.717, 1.165) is 5.56 Å². The number of aliphatic hydroxyl groups is 1. The molecule has 0 saturated heterocycles. The maximum atomic E-state index is 13.5. The molecule has 0 bridgehead atoms. The summed E-state index contributed by atoms with van der Waals surface area (Å²) in [5.74, 6) is 0.769. The molecule has 1 aliphatic rings. The van der Waals surface area contributed by atoms with Crippen LogP contribution in [-0.4, -0.2) is 75.2 Å². The second-order valence-corrected chi connectivity index (χ2v) is 13.4. The van der Waals surface area contributed by atoms with Crippen LogP contribution in [0.5, 0.6) is 11.5 Å². The first-order chi connectivity index (χ1) is 20.4. The van der Waals surface area contributed by atoms with Crippen LogP contribution in [0.4, 0.5) is 5.69 Å². The number of likely N-dealkylation sites (N-methyl/N-ethyl adjacent to an activating group) is 1. The zero-order chi connectivity index (χ0) is 31.3. The molecule has 0 aliphatic carbocycles. The standard InChI is InChI=1S/C31H37Cl2N3O6S/c1-20-16-36(21(2)19-37)31(38)15-23-14-24(34-43(39,40)26-9-7-25(41-4)8-10-26)6-12-29(23)42-30(20)18-35(3)17-22-5-11-27(32)28(33)13-22/h5-14,20-21,30,34,37H,15-19H2,1-4H3/t20-,21-,30+/m1/s1.